The molecule has 0 aromatic heterocycles. The van der Waals surface area contributed by atoms with Gasteiger partial charge in [-0.25, -0.2) is 8.78 Å². The fourth-order valence-electron chi connectivity index (χ4n) is 2.46. The van der Waals surface area contributed by atoms with Crippen molar-refractivity contribution in [1.29, 1.82) is 0 Å². The molecule has 1 saturated heterocycles. The molecule has 1 heterocycles. The number of likely N-dealkylation sites (tertiary alicyclic amines) is 1. The van der Waals surface area contributed by atoms with Gasteiger partial charge in [0, 0.05) is 19.2 Å². The van der Waals surface area contributed by atoms with E-state index in [0.29, 0.717) is 19.0 Å². The molecule has 1 aliphatic heterocycles. The molecule has 19 heavy (non-hydrogen) atoms. The van der Waals surface area contributed by atoms with Crippen LogP contribution in [0.3, 0.4) is 0 Å². The van der Waals surface area contributed by atoms with Gasteiger partial charge in [0.1, 0.15) is 11.6 Å². The van der Waals surface area contributed by atoms with Crippen molar-refractivity contribution in [1.82, 2.24) is 10.2 Å². The topological polar surface area (TPSA) is 32.3 Å². The van der Waals surface area contributed by atoms with E-state index in [1.165, 1.54) is 13.0 Å². The van der Waals surface area contributed by atoms with Gasteiger partial charge in [-0.15, -0.1) is 0 Å². The Morgan fingerprint density at radius 2 is 2.16 bits per heavy atom. The van der Waals surface area contributed by atoms with Gasteiger partial charge in [-0.05, 0) is 44.5 Å². The van der Waals surface area contributed by atoms with Crippen molar-refractivity contribution in [2.24, 2.45) is 5.92 Å². The van der Waals surface area contributed by atoms with Crippen molar-refractivity contribution < 1.29 is 13.6 Å². The summed E-state index contributed by atoms with van der Waals surface area (Å²) in [7, 11) is 1.87. The summed E-state index contributed by atoms with van der Waals surface area (Å²) in [5.41, 5.74) is 0.250. The Kier molecular flexibility index (Phi) is 4.14. The molecule has 0 radical (unpaired) electrons. The van der Waals surface area contributed by atoms with Crippen molar-refractivity contribution in [3.8, 4) is 0 Å². The monoisotopic (exact) mass is 268 g/mol. The summed E-state index contributed by atoms with van der Waals surface area (Å²) in [5, 5.41) is 3.08. The van der Waals surface area contributed by atoms with Crippen molar-refractivity contribution in [3.05, 3.63) is 34.9 Å². The van der Waals surface area contributed by atoms with E-state index in [2.05, 4.69) is 5.32 Å². The standard InChI is InChI=1S/C14H18F2N2O/c1-9-5-11(13(16)6-12(9)15)14(19)18-4-3-10(8-18)7-17-2/h5-6,10,17H,3-4,7-8H2,1-2H3/t10-/m1/s1. The highest BCUT2D eigenvalue weighted by Gasteiger charge is 2.28. The zero-order valence-corrected chi connectivity index (χ0v) is 11.2. The lowest BCUT2D eigenvalue weighted by molar-refractivity contribution is 0.0782. The van der Waals surface area contributed by atoms with Crippen LogP contribution in [0, 0.1) is 24.5 Å². The SMILES string of the molecule is CNC[C@H]1CCN(C(=O)c2cc(C)c(F)cc2F)C1. The number of benzene rings is 1. The Labute approximate surface area is 111 Å². The van der Waals surface area contributed by atoms with Gasteiger partial charge in [0.05, 0.1) is 5.56 Å². The van der Waals surface area contributed by atoms with E-state index in [4.69, 9.17) is 0 Å². The first-order valence-corrected chi connectivity index (χ1v) is 6.42. The van der Waals surface area contributed by atoms with Gasteiger partial charge in [0.25, 0.3) is 5.91 Å². The number of carbonyl (C=O) groups excluding carboxylic acids is 1. The van der Waals surface area contributed by atoms with Gasteiger partial charge in [0.15, 0.2) is 0 Å². The van der Waals surface area contributed by atoms with Crippen molar-refractivity contribution in [2.75, 3.05) is 26.7 Å². The first-order valence-electron chi connectivity index (χ1n) is 6.42. The van der Waals surface area contributed by atoms with Crippen LogP contribution in [0.15, 0.2) is 12.1 Å². The maximum atomic E-state index is 13.7. The third kappa shape index (κ3) is 2.92. The Bertz CT molecular complexity index is 491. The molecular weight excluding hydrogens is 250 g/mol. The first-order chi connectivity index (χ1) is 9.02. The molecule has 1 aromatic rings. The van der Waals surface area contributed by atoms with Crippen LogP contribution in [-0.4, -0.2) is 37.5 Å². The highest BCUT2D eigenvalue weighted by atomic mass is 19.1. The van der Waals surface area contributed by atoms with Crippen LogP contribution in [0.25, 0.3) is 0 Å². The van der Waals surface area contributed by atoms with E-state index < -0.39 is 11.6 Å². The smallest absolute Gasteiger partial charge is 0.256 e. The van der Waals surface area contributed by atoms with Crippen LogP contribution in [0.1, 0.15) is 22.3 Å². The number of hydrogen-bond acceptors (Lipinski definition) is 2. The molecule has 0 saturated carbocycles. The van der Waals surface area contributed by atoms with Gasteiger partial charge >= 0.3 is 0 Å². The van der Waals surface area contributed by atoms with Crippen molar-refractivity contribution >= 4 is 5.91 Å². The van der Waals surface area contributed by atoms with Gasteiger partial charge in [-0.2, -0.15) is 0 Å². The molecule has 3 nitrogen and oxygen atoms in total. The van der Waals surface area contributed by atoms with Gasteiger partial charge in [-0.1, -0.05) is 0 Å². The molecule has 1 atom stereocenters. The van der Waals surface area contributed by atoms with Crippen LogP contribution in [-0.2, 0) is 0 Å². The lowest BCUT2D eigenvalue weighted by atomic mass is 10.1. The number of halogens is 2. The molecule has 1 amide bonds. The summed E-state index contributed by atoms with van der Waals surface area (Å²) in [6.45, 7) is 3.62. The fourth-order valence-corrected chi connectivity index (χ4v) is 2.46. The molecule has 1 aliphatic rings. The predicted octanol–water partition coefficient (Wildman–Crippen LogP) is 1.95. The molecule has 0 unspecified atom stereocenters. The van der Waals surface area contributed by atoms with Crippen LogP contribution in [0.4, 0.5) is 8.78 Å². The molecule has 5 heteroatoms. The summed E-state index contributed by atoms with van der Waals surface area (Å²) in [6.07, 6.45) is 0.911. The van der Waals surface area contributed by atoms with Crippen LogP contribution in [0.5, 0.6) is 0 Å². The number of nitrogens with zero attached hydrogens (tertiary/aromatic N) is 1. The van der Waals surface area contributed by atoms with Gasteiger partial charge in [-0.3, -0.25) is 4.79 Å². The summed E-state index contributed by atoms with van der Waals surface area (Å²) >= 11 is 0. The Morgan fingerprint density at radius 1 is 1.42 bits per heavy atom. The van der Waals surface area contributed by atoms with Crippen LogP contribution >= 0.6 is 0 Å². The number of rotatable bonds is 3. The third-order valence-corrected chi connectivity index (χ3v) is 3.54. The Morgan fingerprint density at radius 3 is 2.84 bits per heavy atom. The zero-order valence-electron chi connectivity index (χ0n) is 11.2. The molecule has 1 aromatic carbocycles. The summed E-state index contributed by atoms with van der Waals surface area (Å²) < 4.78 is 26.9. The van der Waals surface area contributed by atoms with E-state index in [0.717, 1.165) is 19.0 Å². The summed E-state index contributed by atoms with van der Waals surface area (Å²) in [4.78, 5) is 13.9. The minimum Gasteiger partial charge on any atom is -0.338 e. The van der Waals surface area contributed by atoms with E-state index in [1.54, 1.807) is 4.90 Å². The Hall–Kier alpha value is -1.49. The van der Waals surface area contributed by atoms with E-state index in [1.807, 2.05) is 7.05 Å². The van der Waals surface area contributed by atoms with Gasteiger partial charge < -0.3 is 10.2 Å². The number of nitrogens with one attached hydrogen (secondary N) is 1. The number of carbonyl (C=O) groups is 1. The molecule has 0 bridgehead atoms. The molecule has 2 rings (SSSR count). The minimum atomic E-state index is -0.787. The highest BCUT2D eigenvalue weighted by molar-refractivity contribution is 5.94. The maximum Gasteiger partial charge on any atom is 0.256 e. The van der Waals surface area contributed by atoms with E-state index in [-0.39, 0.29) is 17.0 Å². The number of hydrogen-bond donors (Lipinski definition) is 1. The van der Waals surface area contributed by atoms with Gasteiger partial charge in [0.2, 0.25) is 0 Å². The molecule has 1 N–H and O–H groups in total. The average Bonchev–Trinajstić information content (AvgIpc) is 2.82. The second-order valence-corrected chi connectivity index (χ2v) is 5.04. The first kappa shape index (κ1) is 13.9. The van der Waals surface area contributed by atoms with E-state index in [9.17, 15) is 13.6 Å². The lowest BCUT2D eigenvalue weighted by Gasteiger charge is -2.17. The molecule has 0 spiro atoms. The van der Waals surface area contributed by atoms with Crippen molar-refractivity contribution in [2.45, 2.75) is 13.3 Å². The Balaban J connectivity index is 2.15. The molecular formula is C14H18F2N2O. The maximum absolute atomic E-state index is 13.7. The second-order valence-electron chi connectivity index (χ2n) is 5.04. The van der Waals surface area contributed by atoms with Crippen LogP contribution in [0.2, 0.25) is 0 Å². The minimum absolute atomic E-state index is 0.0380. The summed E-state index contributed by atoms with van der Waals surface area (Å²) in [5.74, 6) is -1.36. The fraction of sp³-hybridized carbons (Fsp3) is 0.500. The molecule has 1 fully saturated rings. The number of aryl methyl sites for hydroxylation is 1. The quantitative estimate of drug-likeness (QED) is 0.909. The third-order valence-electron chi connectivity index (χ3n) is 3.54. The normalized spacial score (nSPS) is 18.9. The second kappa shape index (κ2) is 5.65. The largest absolute Gasteiger partial charge is 0.338 e. The predicted molar refractivity (Wildman–Crippen MR) is 69.0 cm³/mol. The number of amides is 1. The molecule has 104 valence electrons. The average molecular weight is 268 g/mol. The van der Waals surface area contributed by atoms with Crippen LogP contribution < -0.4 is 5.32 Å². The highest BCUT2D eigenvalue weighted by Crippen LogP contribution is 2.21. The molecule has 0 aliphatic carbocycles. The summed E-state index contributed by atoms with van der Waals surface area (Å²) in [6, 6.07) is 2.07. The van der Waals surface area contributed by atoms with Crippen molar-refractivity contribution in [3.63, 3.8) is 0 Å². The zero-order chi connectivity index (χ0) is 14.0. The lowest BCUT2D eigenvalue weighted by Crippen LogP contribution is -2.31. The van der Waals surface area contributed by atoms with E-state index >= 15 is 0 Å².